The number of ether oxygens (including phenoxy) is 2. The van der Waals surface area contributed by atoms with Crippen molar-refractivity contribution < 1.29 is 14.6 Å². The Balaban J connectivity index is 2.64. The van der Waals surface area contributed by atoms with Crippen molar-refractivity contribution in [2.24, 2.45) is 0 Å². The second-order valence-corrected chi connectivity index (χ2v) is 4.39. The fourth-order valence-electron chi connectivity index (χ4n) is 2.27. The van der Waals surface area contributed by atoms with Crippen molar-refractivity contribution in [1.82, 2.24) is 5.32 Å². The van der Waals surface area contributed by atoms with Crippen LogP contribution in [0.4, 0.5) is 0 Å². The number of hydrogen-bond donors (Lipinski definition) is 2. The molecule has 0 aromatic heterocycles. The molecule has 1 saturated heterocycles. The van der Waals surface area contributed by atoms with Gasteiger partial charge in [-0.25, -0.2) is 0 Å². The molecule has 15 heavy (non-hydrogen) atoms. The normalized spacial score (nSPS) is 27.4. The zero-order valence-corrected chi connectivity index (χ0v) is 9.95. The van der Waals surface area contributed by atoms with Gasteiger partial charge in [-0.2, -0.15) is 0 Å². The number of nitrogens with one attached hydrogen (secondary N) is 1. The minimum Gasteiger partial charge on any atom is -0.383 e. The average molecular weight is 217 g/mol. The van der Waals surface area contributed by atoms with Crippen molar-refractivity contribution >= 4 is 0 Å². The Morgan fingerprint density at radius 2 is 1.93 bits per heavy atom. The molecule has 2 unspecified atom stereocenters. The molecule has 4 heteroatoms. The van der Waals surface area contributed by atoms with E-state index < -0.39 is 11.9 Å². The van der Waals surface area contributed by atoms with E-state index in [1.54, 1.807) is 21.1 Å². The fourth-order valence-corrected chi connectivity index (χ4v) is 2.27. The Hall–Kier alpha value is -0.160. The van der Waals surface area contributed by atoms with Gasteiger partial charge in [-0.15, -0.1) is 0 Å². The Kier molecular flexibility index (Phi) is 4.99. The van der Waals surface area contributed by atoms with E-state index in [-0.39, 0.29) is 6.04 Å². The molecule has 0 aromatic carbocycles. The van der Waals surface area contributed by atoms with Crippen molar-refractivity contribution in [2.75, 3.05) is 20.8 Å². The van der Waals surface area contributed by atoms with Crippen LogP contribution in [0.1, 0.15) is 32.6 Å². The van der Waals surface area contributed by atoms with Crippen molar-refractivity contribution in [1.29, 1.82) is 0 Å². The monoisotopic (exact) mass is 217 g/mol. The van der Waals surface area contributed by atoms with Gasteiger partial charge in [0.25, 0.3) is 0 Å². The Morgan fingerprint density at radius 3 is 2.53 bits per heavy atom. The molecule has 1 rings (SSSR count). The van der Waals surface area contributed by atoms with Crippen LogP contribution in [0, 0.1) is 0 Å². The van der Waals surface area contributed by atoms with Gasteiger partial charge in [-0.3, -0.25) is 0 Å². The van der Waals surface area contributed by atoms with E-state index in [0.717, 1.165) is 19.4 Å². The van der Waals surface area contributed by atoms with Crippen LogP contribution in [0.2, 0.25) is 0 Å². The van der Waals surface area contributed by atoms with E-state index in [2.05, 4.69) is 5.32 Å². The molecule has 0 radical (unpaired) electrons. The molecule has 0 spiro atoms. The van der Waals surface area contributed by atoms with Gasteiger partial charge in [-0.1, -0.05) is 12.8 Å². The highest BCUT2D eigenvalue weighted by molar-refractivity contribution is 4.91. The first kappa shape index (κ1) is 12.9. The van der Waals surface area contributed by atoms with Crippen LogP contribution in [-0.2, 0) is 9.47 Å². The summed E-state index contributed by atoms with van der Waals surface area (Å²) in [6.07, 6.45) is 3.94. The molecule has 1 fully saturated rings. The summed E-state index contributed by atoms with van der Waals surface area (Å²) in [5.41, 5.74) is -0.978. The summed E-state index contributed by atoms with van der Waals surface area (Å²) in [7, 11) is 3.11. The van der Waals surface area contributed by atoms with Crippen LogP contribution in [0.15, 0.2) is 0 Å². The first-order chi connectivity index (χ1) is 7.12. The van der Waals surface area contributed by atoms with E-state index in [0.29, 0.717) is 0 Å². The highest BCUT2D eigenvalue weighted by Gasteiger charge is 2.40. The number of hydrogen-bond acceptors (Lipinski definition) is 4. The van der Waals surface area contributed by atoms with E-state index in [9.17, 15) is 5.11 Å². The molecular formula is C11H23NO3. The molecule has 0 aromatic rings. The first-order valence-electron chi connectivity index (χ1n) is 5.64. The molecule has 0 bridgehead atoms. The third-order valence-electron chi connectivity index (χ3n) is 3.17. The van der Waals surface area contributed by atoms with Crippen molar-refractivity contribution in [2.45, 2.75) is 50.5 Å². The quantitative estimate of drug-likeness (QED) is 0.687. The molecule has 4 nitrogen and oxygen atoms in total. The van der Waals surface area contributed by atoms with Gasteiger partial charge in [0.15, 0.2) is 6.29 Å². The summed E-state index contributed by atoms with van der Waals surface area (Å²) in [6.45, 7) is 2.73. The molecule has 1 aliphatic heterocycles. The zero-order chi connectivity index (χ0) is 11.3. The maximum Gasteiger partial charge on any atom is 0.186 e. The molecule has 0 saturated carbocycles. The lowest BCUT2D eigenvalue weighted by Crippen LogP contribution is -2.56. The van der Waals surface area contributed by atoms with E-state index in [4.69, 9.17) is 9.47 Å². The second-order valence-electron chi connectivity index (χ2n) is 4.39. The van der Waals surface area contributed by atoms with Crippen molar-refractivity contribution in [3.63, 3.8) is 0 Å². The fraction of sp³-hybridized carbons (Fsp3) is 1.00. The standard InChI is InChI=1S/C11H23NO3/c1-11(13,10(14-2)15-3)9-7-5-4-6-8-12-9/h9-10,12-13H,4-8H2,1-3H3. The maximum atomic E-state index is 10.4. The lowest BCUT2D eigenvalue weighted by molar-refractivity contribution is -0.218. The Morgan fingerprint density at radius 1 is 1.27 bits per heavy atom. The molecule has 0 aliphatic carbocycles. The van der Waals surface area contributed by atoms with Gasteiger partial charge in [0.05, 0.1) is 0 Å². The SMILES string of the molecule is COC(OC)C(C)(O)C1CCCCCN1. The van der Waals surface area contributed by atoms with Gasteiger partial charge in [0.1, 0.15) is 5.60 Å². The highest BCUT2D eigenvalue weighted by atomic mass is 16.7. The third-order valence-corrected chi connectivity index (χ3v) is 3.17. The summed E-state index contributed by atoms with van der Waals surface area (Å²) in [6, 6.07) is 0.0462. The maximum absolute atomic E-state index is 10.4. The van der Waals surface area contributed by atoms with E-state index in [1.165, 1.54) is 12.8 Å². The number of rotatable bonds is 4. The lowest BCUT2D eigenvalue weighted by atomic mass is 9.92. The van der Waals surface area contributed by atoms with Gasteiger partial charge < -0.3 is 19.9 Å². The van der Waals surface area contributed by atoms with Crippen LogP contribution < -0.4 is 5.32 Å². The Bertz CT molecular complexity index is 173. The Labute approximate surface area is 92.0 Å². The summed E-state index contributed by atoms with van der Waals surface area (Å²) in [5.74, 6) is 0. The summed E-state index contributed by atoms with van der Waals surface area (Å²) in [5, 5.41) is 13.8. The van der Waals surface area contributed by atoms with Crippen LogP contribution >= 0.6 is 0 Å². The third kappa shape index (κ3) is 3.14. The average Bonchev–Trinajstić information content (AvgIpc) is 2.47. The van der Waals surface area contributed by atoms with E-state index in [1.807, 2.05) is 0 Å². The minimum atomic E-state index is -0.978. The summed E-state index contributed by atoms with van der Waals surface area (Å²) < 4.78 is 10.3. The second kappa shape index (κ2) is 5.80. The predicted octanol–water partition coefficient (Wildman–Crippen LogP) is 0.888. The van der Waals surface area contributed by atoms with E-state index >= 15 is 0 Å². The molecule has 2 N–H and O–H groups in total. The summed E-state index contributed by atoms with van der Waals surface area (Å²) >= 11 is 0. The highest BCUT2D eigenvalue weighted by Crippen LogP contribution is 2.24. The molecular weight excluding hydrogens is 194 g/mol. The number of aliphatic hydroxyl groups is 1. The van der Waals surface area contributed by atoms with Crippen molar-refractivity contribution in [3.8, 4) is 0 Å². The van der Waals surface area contributed by atoms with Crippen LogP contribution in [-0.4, -0.2) is 43.8 Å². The van der Waals surface area contributed by atoms with Gasteiger partial charge in [0, 0.05) is 20.3 Å². The molecule has 2 atom stereocenters. The van der Waals surface area contributed by atoms with Gasteiger partial charge in [-0.05, 0) is 26.3 Å². The molecule has 1 aliphatic rings. The van der Waals surface area contributed by atoms with Gasteiger partial charge >= 0.3 is 0 Å². The van der Waals surface area contributed by atoms with Crippen molar-refractivity contribution in [3.05, 3.63) is 0 Å². The lowest BCUT2D eigenvalue weighted by Gasteiger charge is -2.37. The first-order valence-corrected chi connectivity index (χ1v) is 5.64. The minimum absolute atomic E-state index is 0.0462. The van der Waals surface area contributed by atoms with Crippen LogP contribution in [0.3, 0.4) is 0 Å². The van der Waals surface area contributed by atoms with Crippen LogP contribution in [0.5, 0.6) is 0 Å². The van der Waals surface area contributed by atoms with Crippen LogP contribution in [0.25, 0.3) is 0 Å². The predicted molar refractivity (Wildman–Crippen MR) is 58.7 cm³/mol. The summed E-state index contributed by atoms with van der Waals surface area (Å²) in [4.78, 5) is 0. The topological polar surface area (TPSA) is 50.7 Å². The molecule has 90 valence electrons. The largest absolute Gasteiger partial charge is 0.383 e. The van der Waals surface area contributed by atoms with Gasteiger partial charge in [0.2, 0.25) is 0 Å². The molecule has 0 amide bonds. The molecule has 1 heterocycles. The smallest absolute Gasteiger partial charge is 0.186 e. The number of methoxy groups -OCH3 is 2. The zero-order valence-electron chi connectivity index (χ0n) is 9.95.